The van der Waals surface area contributed by atoms with Crippen LogP contribution in [0.1, 0.15) is 24.1 Å². The van der Waals surface area contributed by atoms with Gasteiger partial charge in [0.05, 0.1) is 0 Å². The molecule has 0 amide bonds. The summed E-state index contributed by atoms with van der Waals surface area (Å²) in [7, 11) is 0. The number of halogens is 1. The second-order valence-corrected chi connectivity index (χ2v) is 3.41. The number of aryl methyl sites for hydroxylation is 1. The van der Waals surface area contributed by atoms with Gasteiger partial charge in [0, 0.05) is 17.1 Å². The quantitative estimate of drug-likeness (QED) is 0.450. The molecule has 0 fully saturated rings. The first-order chi connectivity index (χ1) is 5.77. The van der Waals surface area contributed by atoms with E-state index in [0.29, 0.717) is 10.00 Å². The molecule has 0 aromatic carbocycles. The lowest BCUT2D eigenvalue weighted by Crippen LogP contribution is -2.38. The van der Waals surface area contributed by atoms with Crippen LogP contribution in [0.5, 0.6) is 0 Å². The van der Waals surface area contributed by atoms with Crippen molar-refractivity contribution in [3.63, 3.8) is 0 Å². The minimum atomic E-state index is 0.297. The second kappa shape index (κ2) is 2.90. The van der Waals surface area contributed by atoms with E-state index >= 15 is 0 Å². The Morgan fingerprint density at radius 2 is 2.17 bits per heavy atom. The van der Waals surface area contributed by atoms with E-state index in [0.717, 1.165) is 36.9 Å². The summed E-state index contributed by atoms with van der Waals surface area (Å²) in [5.74, 6) is 0. The van der Waals surface area contributed by atoms with E-state index in [-0.39, 0.29) is 0 Å². The predicted octanol–water partition coefficient (Wildman–Crippen LogP) is 1.25. The van der Waals surface area contributed by atoms with Gasteiger partial charge in [-0.1, -0.05) is 16.4 Å². The van der Waals surface area contributed by atoms with E-state index in [9.17, 15) is 5.21 Å². The van der Waals surface area contributed by atoms with Gasteiger partial charge in [0.2, 0.25) is 5.69 Å². The lowest BCUT2D eigenvalue weighted by atomic mass is 9.97. The van der Waals surface area contributed by atoms with Crippen LogP contribution in [0.2, 0.25) is 5.15 Å². The fourth-order valence-electron chi connectivity index (χ4n) is 1.61. The van der Waals surface area contributed by atoms with Crippen LogP contribution in [0.3, 0.4) is 0 Å². The molecule has 0 N–H and O–H groups in total. The molecule has 1 aliphatic rings. The number of aromatic nitrogens is 2. The third kappa shape index (κ3) is 1.25. The van der Waals surface area contributed by atoms with E-state index in [4.69, 9.17) is 11.6 Å². The maximum absolute atomic E-state index is 11.2. The van der Waals surface area contributed by atoms with E-state index in [1.807, 2.05) is 0 Å². The number of hydrogen-bond acceptors (Lipinski definition) is 2. The summed E-state index contributed by atoms with van der Waals surface area (Å²) in [6, 6.07) is 1.80. The molecule has 0 bridgehead atoms. The Morgan fingerprint density at radius 1 is 1.42 bits per heavy atom. The maximum Gasteiger partial charge on any atom is 0.225 e. The first-order valence-electron chi connectivity index (χ1n) is 4.05. The van der Waals surface area contributed by atoms with E-state index in [1.165, 1.54) is 0 Å². The number of rotatable bonds is 0. The summed E-state index contributed by atoms with van der Waals surface area (Å²) in [6.45, 7) is 0. The molecule has 1 aromatic rings. The van der Waals surface area contributed by atoms with Crippen molar-refractivity contribution in [2.75, 3.05) is 0 Å². The summed E-state index contributed by atoms with van der Waals surface area (Å²) in [5.41, 5.74) is 1.86. The molecule has 0 saturated carbocycles. The van der Waals surface area contributed by atoms with Crippen LogP contribution in [0.4, 0.5) is 0 Å². The van der Waals surface area contributed by atoms with Gasteiger partial charge in [0.15, 0.2) is 5.15 Å². The molecule has 12 heavy (non-hydrogen) atoms. The van der Waals surface area contributed by atoms with Gasteiger partial charge < -0.3 is 5.21 Å². The highest BCUT2D eigenvalue weighted by Gasteiger charge is 2.19. The lowest BCUT2D eigenvalue weighted by molar-refractivity contribution is -0.677. The van der Waals surface area contributed by atoms with Crippen molar-refractivity contribution < 1.29 is 4.85 Å². The number of fused-ring (bicyclic) bond motifs is 1. The van der Waals surface area contributed by atoms with Crippen LogP contribution in [0.15, 0.2) is 6.07 Å². The minimum absolute atomic E-state index is 0.297. The normalized spacial score (nSPS) is 15.8. The molecule has 0 spiro atoms. The standard InChI is InChI=1S/C8H9ClN2O/c9-8-5-6-3-1-2-4-7(6)11(12)10-8/h5H,1-4H2. The Morgan fingerprint density at radius 3 is 3.00 bits per heavy atom. The Kier molecular flexibility index (Phi) is 1.89. The molecule has 1 aromatic heterocycles. The van der Waals surface area contributed by atoms with Gasteiger partial charge >= 0.3 is 0 Å². The van der Waals surface area contributed by atoms with Crippen molar-refractivity contribution in [2.24, 2.45) is 0 Å². The second-order valence-electron chi connectivity index (χ2n) is 3.02. The molecule has 64 valence electrons. The fraction of sp³-hybridized carbons (Fsp3) is 0.500. The summed E-state index contributed by atoms with van der Waals surface area (Å²) in [6.07, 6.45) is 4.02. The highest BCUT2D eigenvalue weighted by molar-refractivity contribution is 6.29. The van der Waals surface area contributed by atoms with Crippen LogP contribution in [-0.4, -0.2) is 5.10 Å². The first kappa shape index (κ1) is 7.80. The molecule has 0 unspecified atom stereocenters. The fourth-order valence-corrected chi connectivity index (χ4v) is 1.81. The van der Waals surface area contributed by atoms with Gasteiger partial charge in [-0.2, -0.15) is 0 Å². The van der Waals surface area contributed by atoms with E-state index in [2.05, 4.69) is 5.10 Å². The molecule has 2 rings (SSSR count). The first-order valence-corrected chi connectivity index (χ1v) is 4.43. The van der Waals surface area contributed by atoms with Crippen LogP contribution in [0.25, 0.3) is 0 Å². The predicted molar refractivity (Wildman–Crippen MR) is 44.8 cm³/mol. The molecule has 0 atom stereocenters. The highest BCUT2D eigenvalue weighted by atomic mass is 35.5. The Bertz CT molecular complexity index is 314. The molecule has 0 aliphatic heterocycles. The van der Waals surface area contributed by atoms with Gasteiger partial charge in [-0.3, -0.25) is 0 Å². The Balaban J connectivity index is 2.53. The van der Waals surface area contributed by atoms with E-state index in [1.54, 1.807) is 6.07 Å². The third-order valence-electron chi connectivity index (χ3n) is 2.19. The van der Waals surface area contributed by atoms with Crippen molar-refractivity contribution >= 4 is 11.6 Å². The summed E-state index contributed by atoms with van der Waals surface area (Å²) >= 11 is 5.65. The zero-order chi connectivity index (χ0) is 8.55. The van der Waals surface area contributed by atoms with Crippen molar-refractivity contribution in [1.82, 2.24) is 5.10 Å². The average molecular weight is 185 g/mol. The average Bonchev–Trinajstić information content (AvgIpc) is 2.04. The van der Waals surface area contributed by atoms with Gasteiger partial charge in [0.1, 0.15) is 0 Å². The van der Waals surface area contributed by atoms with Crippen LogP contribution in [-0.2, 0) is 12.8 Å². The van der Waals surface area contributed by atoms with Crippen molar-refractivity contribution in [1.29, 1.82) is 0 Å². The van der Waals surface area contributed by atoms with Crippen LogP contribution < -0.4 is 4.85 Å². The van der Waals surface area contributed by atoms with Gasteiger partial charge in [-0.05, 0) is 25.3 Å². The molecular formula is C8H9ClN2O. The van der Waals surface area contributed by atoms with Crippen LogP contribution in [0, 0.1) is 5.21 Å². The van der Waals surface area contributed by atoms with Crippen molar-refractivity contribution in [2.45, 2.75) is 25.7 Å². The molecule has 1 aliphatic carbocycles. The lowest BCUT2D eigenvalue weighted by Gasteiger charge is -2.12. The van der Waals surface area contributed by atoms with E-state index < -0.39 is 0 Å². The topological polar surface area (TPSA) is 39.8 Å². The molecule has 0 saturated heterocycles. The molecule has 0 radical (unpaired) electrons. The smallest absolute Gasteiger partial charge is 0.225 e. The number of hydrogen-bond donors (Lipinski definition) is 0. The summed E-state index contributed by atoms with van der Waals surface area (Å²) < 4.78 is 0. The summed E-state index contributed by atoms with van der Waals surface area (Å²) in [5, 5.41) is 15.1. The molecular weight excluding hydrogens is 176 g/mol. The van der Waals surface area contributed by atoms with Crippen molar-refractivity contribution in [3.8, 4) is 0 Å². The third-order valence-corrected chi connectivity index (χ3v) is 2.38. The SMILES string of the molecule is [O-][n+]1nc(Cl)cc2c1CCCC2. The van der Waals surface area contributed by atoms with Crippen molar-refractivity contribution in [3.05, 3.63) is 27.7 Å². The zero-order valence-electron chi connectivity index (χ0n) is 6.59. The summed E-state index contributed by atoms with van der Waals surface area (Å²) in [4.78, 5) is 0.664. The Labute approximate surface area is 75.6 Å². The molecule has 4 heteroatoms. The zero-order valence-corrected chi connectivity index (χ0v) is 7.34. The van der Waals surface area contributed by atoms with Gasteiger partial charge in [-0.15, -0.1) is 0 Å². The maximum atomic E-state index is 11.2. The van der Waals surface area contributed by atoms with Crippen LogP contribution >= 0.6 is 11.6 Å². The number of nitrogens with zero attached hydrogens (tertiary/aromatic N) is 2. The Hall–Kier alpha value is -0.830. The largest absolute Gasteiger partial charge is 0.594 e. The van der Waals surface area contributed by atoms with Gasteiger partial charge in [0.25, 0.3) is 0 Å². The highest BCUT2D eigenvalue weighted by Crippen LogP contribution is 2.19. The molecule has 1 heterocycles. The molecule has 3 nitrogen and oxygen atoms in total. The minimum Gasteiger partial charge on any atom is -0.594 e. The van der Waals surface area contributed by atoms with Gasteiger partial charge in [-0.25, -0.2) is 0 Å². The monoisotopic (exact) mass is 184 g/mol.